The Bertz CT molecular complexity index is 548. The van der Waals surface area contributed by atoms with Gasteiger partial charge in [-0.25, -0.2) is 4.79 Å². The van der Waals surface area contributed by atoms with Crippen LogP contribution in [0.25, 0.3) is 0 Å². The third-order valence-electron chi connectivity index (χ3n) is 3.74. The van der Waals surface area contributed by atoms with Crippen molar-refractivity contribution in [1.29, 1.82) is 0 Å². The quantitative estimate of drug-likeness (QED) is 0.800. The SMILES string of the molecule is O=C1COC2(CCN(C(=O)O)CC2)c2sc(Cl)cc21. The van der Waals surface area contributed by atoms with Crippen LogP contribution in [-0.2, 0) is 10.3 Å². The van der Waals surface area contributed by atoms with Gasteiger partial charge in [-0.05, 0) is 18.9 Å². The van der Waals surface area contributed by atoms with E-state index in [0.717, 1.165) is 4.88 Å². The first-order valence-corrected chi connectivity index (χ1v) is 7.16. The van der Waals surface area contributed by atoms with Crippen LogP contribution in [0.3, 0.4) is 0 Å². The van der Waals surface area contributed by atoms with Crippen LogP contribution < -0.4 is 0 Å². The Morgan fingerprint density at radius 3 is 2.79 bits per heavy atom. The van der Waals surface area contributed by atoms with E-state index >= 15 is 0 Å². The van der Waals surface area contributed by atoms with Gasteiger partial charge in [0.05, 0.1) is 4.34 Å². The number of Topliss-reactive ketones (excluding diaryl/α,β-unsaturated/α-hetero) is 1. The first-order valence-electron chi connectivity index (χ1n) is 5.97. The molecule has 1 N–H and O–H groups in total. The first-order chi connectivity index (χ1) is 9.02. The van der Waals surface area contributed by atoms with Gasteiger partial charge in [-0.15, -0.1) is 11.3 Å². The molecule has 1 amide bonds. The van der Waals surface area contributed by atoms with Gasteiger partial charge < -0.3 is 14.7 Å². The van der Waals surface area contributed by atoms with Crippen LogP contribution in [0.5, 0.6) is 0 Å². The highest BCUT2D eigenvalue weighted by molar-refractivity contribution is 7.16. The van der Waals surface area contributed by atoms with E-state index < -0.39 is 11.7 Å². The van der Waals surface area contributed by atoms with E-state index in [9.17, 15) is 9.59 Å². The molecule has 1 aromatic rings. The number of hydrogen-bond donors (Lipinski definition) is 1. The molecule has 102 valence electrons. The number of amides is 1. The topological polar surface area (TPSA) is 66.8 Å². The van der Waals surface area contributed by atoms with E-state index in [1.165, 1.54) is 16.2 Å². The highest BCUT2D eigenvalue weighted by Gasteiger charge is 2.45. The van der Waals surface area contributed by atoms with Gasteiger partial charge in [0.2, 0.25) is 0 Å². The Balaban J connectivity index is 1.92. The number of halogens is 1. The lowest BCUT2D eigenvalue weighted by atomic mass is 9.85. The lowest BCUT2D eigenvalue weighted by Gasteiger charge is -2.42. The summed E-state index contributed by atoms with van der Waals surface area (Å²) in [6, 6.07) is 1.69. The fourth-order valence-electron chi connectivity index (χ4n) is 2.68. The Morgan fingerprint density at radius 1 is 1.47 bits per heavy atom. The maximum absolute atomic E-state index is 11.8. The number of likely N-dealkylation sites (tertiary alicyclic amines) is 1. The molecule has 5 nitrogen and oxygen atoms in total. The summed E-state index contributed by atoms with van der Waals surface area (Å²) in [5.74, 6) is -0.0514. The molecule has 0 bridgehead atoms. The second-order valence-corrected chi connectivity index (χ2v) is 6.45. The standard InChI is InChI=1S/C12H12ClNO4S/c13-9-5-7-8(15)6-18-12(10(7)19-9)1-3-14(4-2-12)11(16)17/h5H,1-4,6H2,(H,16,17). The van der Waals surface area contributed by atoms with E-state index in [1.54, 1.807) is 6.07 Å². The monoisotopic (exact) mass is 301 g/mol. The number of ether oxygens (including phenoxy) is 1. The van der Waals surface area contributed by atoms with Crippen molar-refractivity contribution in [2.75, 3.05) is 19.7 Å². The van der Waals surface area contributed by atoms with Crippen LogP contribution in [0.15, 0.2) is 6.07 Å². The van der Waals surface area contributed by atoms with Crippen LogP contribution >= 0.6 is 22.9 Å². The molecule has 3 rings (SSSR count). The zero-order chi connectivity index (χ0) is 13.6. The summed E-state index contributed by atoms with van der Waals surface area (Å²) in [7, 11) is 0. The number of piperidine rings is 1. The zero-order valence-electron chi connectivity index (χ0n) is 10.0. The van der Waals surface area contributed by atoms with Crippen LogP contribution in [-0.4, -0.2) is 41.6 Å². The van der Waals surface area contributed by atoms with Crippen molar-refractivity contribution < 1.29 is 19.4 Å². The Kier molecular flexibility index (Phi) is 3.03. The van der Waals surface area contributed by atoms with Crippen molar-refractivity contribution in [3.8, 4) is 0 Å². The Morgan fingerprint density at radius 2 is 2.16 bits per heavy atom. The smallest absolute Gasteiger partial charge is 0.407 e. The second kappa shape index (κ2) is 4.47. The third-order valence-corrected chi connectivity index (χ3v) is 5.19. The molecule has 0 aromatic carbocycles. The number of thiophene rings is 1. The van der Waals surface area contributed by atoms with Gasteiger partial charge in [0.25, 0.3) is 0 Å². The highest BCUT2D eigenvalue weighted by Crippen LogP contribution is 2.46. The molecule has 0 saturated carbocycles. The molecule has 1 fully saturated rings. The number of rotatable bonds is 0. The molecule has 7 heteroatoms. The van der Waals surface area contributed by atoms with Gasteiger partial charge in [0.1, 0.15) is 12.2 Å². The summed E-state index contributed by atoms with van der Waals surface area (Å²) in [5.41, 5.74) is 0.109. The predicted octanol–water partition coefficient (Wildman–Crippen LogP) is 2.58. The highest BCUT2D eigenvalue weighted by atomic mass is 35.5. The van der Waals surface area contributed by atoms with Crippen molar-refractivity contribution in [3.63, 3.8) is 0 Å². The van der Waals surface area contributed by atoms with Gasteiger partial charge in [-0.2, -0.15) is 0 Å². The third kappa shape index (κ3) is 2.04. The molecule has 0 radical (unpaired) electrons. The number of nitrogens with zero attached hydrogens (tertiary/aromatic N) is 1. The summed E-state index contributed by atoms with van der Waals surface area (Å²) < 4.78 is 6.34. The normalized spacial score (nSPS) is 21.5. The first kappa shape index (κ1) is 12.9. The van der Waals surface area contributed by atoms with E-state index in [-0.39, 0.29) is 12.4 Å². The number of fused-ring (bicyclic) bond motifs is 2. The molecule has 0 aliphatic carbocycles. The summed E-state index contributed by atoms with van der Waals surface area (Å²) in [5, 5.41) is 8.98. The molecule has 0 unspecified atom stereocenters. The summed E-state index contributed by atoms with van der Waals surface area (Å²) in [6.07, 6.45) is 0.221. The van der Waals surface area contributed by atoms with E-state index in [0.29, 0.717) is 35.8 Å². The van der Waals surface area contributed by atoms with Crippen LogP contribution in [0.4, 0.5) is 4.79 Å². The van der Waals surface area contributed by atoms with Gasteiger partial charge in [0, 0.05) is 23.5 Å². The average Bonchev–Trinajstić information content (AvgIpc) is 2.78. The number of carbonyl (C=O) groups excluding carboxylic acids is 1. The van der Waals surface area contributed by atoms with Crippen molar-refractivity contribution >= 4 is 34.8 Å². The van der Waals surface area contributed by atoms with E-state index in [1.807, 2.05) is 0 Å². The van der Waals surface area contributed by atoms with Crippen LogP contribution in [0.1, 0.15) is 28.1 Å². The van der Waals surface area contributed by atoms with Crippen molar-refractivity contribution in [3.05, 3.63) is 20.8 Å². The molecule has 2 aliphatic rings. The van der Waals surface area contributed by atoms with Crippen molar-refractivity contribution in [2.24, 2.45) is 0 Å². The average molecular weight is 302 g/mol. The second-order valence-electron chi connectivity index (χ2n) is 4.77. The van der Waals surface area contributed by atoms with Gasteiger partial charge in [-0.3, -0.25) is 4.79 Å². The Hall–Kier alpha value is -1.11. The molecule has 0 atom stereocenters. The van der Waals surface area contributed by atoms with Crippen molar-refractivity contribution in [2.45, 2.75) is 18.4 Å². The summed E-state index contributed by atoms with van der Waals surface area (Å²) >= 11 is 7.37. The minimum absolute atomic E-state index is 0.0487. The Labute approximate surface area is 118 Å². The van der Waals surface area contributed by atoms with Gasteiger partial charge >= 0.3 is 6.09 Å². The fraction of sp³-hybridized carbons (Fsp3) is 0.500. The minimum atomic E-state index is -0.911. The zero-order valence-corrected chi connectivity index (χ0v) is 11.6. The van der Waals surface area contributed by atoms with E-state index in [4.69, 9.17) is 21.4 Å². The van der Waals surface area contributed by atoms with Crippen molar-refractivity contribution in [1.82, 2.24) is 4.90 Å². The number of carboxylic acid groups (broad SMARTS) is 1. The number of hydrogen-bond acceptors (Lipinski definition) is 4. The van der Waals surface area contributed by atoms with E-state index in [2.05, 4.69) is 0 Å². The molecule has 3 heterocycles. The molecular weight excluding hydrogens is 290 g/mol. The molecule has 1 aromatic heterocycles. The van der Waals surface area contributed by atoms with Gasteiger partial charge in [0.15, 0.2) is 5.78 Å². The summed E-state index contributed by atoms with van der Waals surface area (Å²) in [4.78, 5) is 25.0. The molecule has 1 spiro atoms. The lowest BCUT2D eigenvalue weighted by molar-refractivity contribution is -0.0805. The molecule has 1 saturated heterocycles. The lowest BCUT2D eigenvalue weighted by Crippen LogP contribution is -2.48. The summed E-state index contributed by atoms with van der Waals surface area (Å²) in [6.45, 7) is 0.879. The van der Waals surface area contributed by atoms with Gasteiger partial charge in [-0.1, -0.05) is 11.6 Å². The predicted molar refractivity (Wildman–Crippen MR) is 70.1 cm³/mol. The largest absolute Gasteiger partial charge is 0.465 e. The maximum atomic E-state index is 11.8. The van der Waals surface area contributed by atoms with Crippen LogP contribution in [0.2, 0.25) is 4.34 Å². The molecule has 19 heavy (non-hydrogen) atoms. The van der Waals surface area contributed by atoms with Crippen LogP contribution in [0, 0.1) is 0 Å². The fourth-order valence-corrected chi connectivity index (χ4v) is 4.13. The molecular formula is C12H12ClNO4S. The number of carbonyl (C=O) groups is 2. The maximum Gasteiger partial charge on any atom is 0.407 e. The molecule has 2 aliphatic heterocycles. The number of ketones is 1. The minimum Gasteiger partial charge on any atom is -0.465 e.